The molecule has 1 saturated heterocycles. The first-order valence-corrected chi connectivity index (χ1v) is 9.88. The fourth-order valence-corrected chi connectivity index (χ4v) is 4.03. The Labute approximate surface area is 169 Å². The van der Waals surface area contributed by atoms with Gasteiger partial charge in [-0.15, -0.1) is 5.10 Å². The van der Waals surface area contributed by atoms with Gasteiger partial charge in [-0.05, 0) is 57.1 Å². The van der Waals surface area contributed by atoms with Gasteiger partial charge in [-0.3, -0.25) is 9.78 Å². The van der Waals surface area contributed by atoms with Crippen LogP contribution in [0.15, 0.2) is 36.5 Å². The number of methoxy groups -OCH3 is 1. The molecule has 2 aromatic heterocycles. The third-order valence-electron chi connectivity index (χ3n) is 5.70. The normalized spacial score (nSPS) is 16.1. The van der Waals surface area contributed by atoms with Crippen LogP contribution in [0.3, 0.4) is 0 Å². The summed E-state index contributed by atoms with van der Waals surface area (Å²) in [6.07, 6.45) is 3.70. The second-order valence-electron chi connectivity index (χ2n) is 7.65. The van der Waals surface area contributed by atoms with E-state index in [-0.39, 0.29) is 11.3 Å². The SMILES string of the molecule is COCC1(CNC(=O)c2nnn(-c3cccc4ncccc34)c2C)CCNCC1. The van der Waals surface area contributed by atoms with E-state index in [1.807, 2.05) is 37.3 Å². The van der Waals surface area contributed by atoms with Crippen molar-refractivity contribution >= 4 is 16.8 Å². The number of nitrogens with zero attached hydrogens (tertiary/aromatic N) is 4. The molecular weight excluding hydrogens is 368 g/mol. The van der Waals surface area contributed by atoms with Crippen LogP contribution in [0.4, 0.5) is 0 Å². The van der Waals surface area contributed by atoms with E-state index in [0.717, 1.165) is 42.5 Å². The number of carbonyl (C=O) groups excluding carboxylic acids is 1. The highest BCUT2D eigenvalue weighted by atomic mass is 16.5. The molecule has 0 saturated carbocycles. The van der Waals surface area contributed by atoms with Gasteiger partial charge in [-0.25, -0.2) is 4.68 Å². The molecule has 3 heterocycles. The molecule has 152 valence electrons. The molecule has 2 N–H and O–H groups in total. The topological polar surface area (TPSA) is 94.0 Å². The molecule has 4 rings (SSSR count). The van der Waals surface area contributed by atoms with E-state index < -0.39 is 0 Å². The number of benzene rings is 1. The Morgan fingerprint density at radius 1 is 1.28 bits per heavy atom. The molecule has 3 aromatic rings. The van der Waals surface area contributed by atoms with Crippen LogP contribution in [-0.4, -0.2) is 59.2 Å². The minimum absolute atomic E-state index is 0.0408. The maximum Gasteiger partial charge on any atom is 0.273 e. The van der Waals surface area contributed by atoms with Gasteiger partial charge in [-0.1, -0.05) is 11.3 Å². The van der Waals surface area contributed by atoms with E-state index in [4.69, 9.17) is 4.74 Å². The number of rotatable bonds is 6. The number of pyridine rings is 1. The Kier molecular flexibility index (Phi) is 5.55. The number of ether oxygens (including phenoxy) is 1. The number of aromatic nitrogens is 4. The largest absolute Gasteiger partial charge is 0.384 e. The molecule has 1 amide bonds. The predicted molar refractivity (Wildman–Crippen MR) is 110 cm³/mol. The Bertz CT molecular complexity index is 999. The van der Waals surface area contributed by atoms with E-state index in [1.54, 1.807) is 18.0 Å². The van der Waals surface area contributed by atoms with Gasteiger partial charge in [0.25, 0.3) is 5.91 Å². The van der Waals surface area contributed by atoms with Crippen molar-refractivity contribution in [3.05, 3.63) is 47.9 Å². The summed E-state index contributed by atoms with van der Waals surface area (Å²) in [4.78, 5) is 17.3. The molecular formula is C21H26N6O2. The molecule has 8 nitrogen and oxygen atoms in total. The number of amides is 1. The lowest BCUT2D eigenvalue weighted by molar-refractivity contribution is 0.0510. The van der Waals surface area contributed by atoms with E-state index in [9.17, 15) is 4.79 Å². The number of carbonyl (C=O) groups is 1. The summed E-state index contributed by atoms with van der Waals surface area (Å²) in [6.45, 7) is 4.92. The van der Waals surface area contributed by atoms with Crippen molar-refractivity contribution in [2.24, 2.45) is 5.41 Å². The monoisotopic (exact) mass is 394 g/mol. The highest BCUT2D eigenvalue weighted by Gasteiger charge is 2.33. The summed E-state index contributed by atoms with van der Waals surface area (Å²) < 4.78 is 7.13. The van der Waals surface area contributed by atoms with Crippen LogP contribution in [0, 0.1) is 12.3 Å². The van der Waals surface area contributed by atoms with Crippen molar-refractivity contribution in [3.8, 4) is 5.69 Å². The lowest BCUT2D eigenvalue weighted by Gasteiger charge is -2.37. The first-order chi connectivity index (χ1) is 14.1. The van der Waals surface area contributed by atoms with E-state index in [1.165, 1.54) is 0 Å². The average Bonchev–Trinajstić information content (AvgIpc) is 3.14. The summed E-state index contributed by atoms with van der Waals surface area (Å²) in [5.74, 6) is -0.207. The van der Waals surface area contributed by atoms with Gasteiger partial charge in [-0.2, -0.15) is 0 Å². The fourth-order valence-electron chi connectivity index (χ4n) is 4.03. The molecule has 0 radical (unpaired) electrons. The quantitative estimate of drug-likeness (QED) is 0.663. The van der Waals surface area contributed by atoms with Gasteiger partial charge in [0.15, 0.2) is 5.69 Å². The molecule has 1 aliphatic rings. The zero-order valence-corrected chi connectivity index (χ0v) is 16.8. The van der Waals surface area contributed by atoms with Gasteiger partial charge >= 0.3 is 0 Å². The molecule has 1 aromatic carbocycles. The lowest BCUT2D eigenvalue weighted by atomic mass is 9.79. The molecule has 1 aliphatic heterocycles. The van der Waals surface area contributed by atoms with Crippen LogP contribution in [0.5, 0.6) is 0 Å². The highest BCUT2D eigenvalue weighted by molar-refractivity contribution is 5.94. The molecule has 0 bridgehead atoms. The summed E-state index contributed by atoms with van der Waals surface area (Å²) in [5, 5.41) is 15.8. The Hall–Kier alpha value is -2.84. The van der Waals surface area contributed by atoms with Crippen molar-refractivity contribution < 1.29 is 9.53 Å². The number of hydrogen-bond acceptors (Lipinski definition) is 6. The number of hydrogen-bond donors (Lipinski definition) is 2. The summed E-state index contributed by atoms with van der Waals surface area (Å²) >= 11 is 0. The first-order valence-electron chi connectivity index (χ1n) is 9.88. The molecule has 29 heavy (non-hydrogen) atoms. The van der Waals surface area contributed by atoms with Crippen LogP contribution in [0.1, 0.15) is 29.0 Å². The number of piperidine rings is 1. The van der Waals surface area contributed by atoms with Gasteiger partial charge in [0.2, 0.25) is 0 Å². The summed E-state index contributed by atoms with van der Waals surface area (Å²) in [5.41, 5.74) is 2.73. The van der Waals surface area contributed by atoms with E-state index >= 15 is 0 Å². The zero-order chi connectivity index (χ0) is 20.3. The Morgan fingerprint density at radius 2 is 2.10 bits per heavy atom. The Balaban J connectivity index is 1.56. The van der Waals surface area contributed by atoms with Crippen molar-refractivity contribution in [3.63, 3.8) is 0 Å². The smallest absolute Gasteiger partial charge is 0.273 e. The lowest BCUT2D eigenvalue weighted by Crippen LogP contribution is -2.47. The van der Waals surface area contributed by atoms with Gasteiger partial charge in [0.05, 0.1) is 23.5 Å². The third kappa shape index (κ3) is 3.86. The van der Waals surface area contributed by atoms with Crippen molar-refractivity contribution in [1.29, 1.82) is 0 Å². The van der Waals surface area contributed by atoms with Crippen LogP contribution in [0.2, 0.25) is 0 Å². The third-order valence-corrected chi connectivity index (χ3v) is 5.70. The molecule has 0 unspecified atom stereocenters. The van der Waals surface area contributed by atoms with Crippen molar-refractivity contribution in [2.45, 2.75) is 19.8 Å². The molecule has 0 aliphatic carbocycles. The van der Waals surface area contributed by atoms with E-state index in [2.05, 4.69) is 25.9 Å². The van der Waals surface area contributed by atoms with Crippen molar-refractivity contribution in [1.82, 2.24) is 30.6 Å². The van der Waals surface area contributed by atoms with Gasteiger partial charge in [0.1, 0.15) is 0 Å². The fraction of sp³-hybridized carbons (Fsp3) is 0.429. The first kappa shape index (κ1) is 19.5. The van der Waals surface area contributed by atoms with Crippen LogP contribution >= 0.6 is 0 Å². The summed E-state index contributed by atoms with van der Waals surface area (Å²) in [6, 6.07) is 9.71. The maximum absolute atomic E-state index is 12.9. The summed E-state index contributed by atoms with van der Waals surface area (Å²) in [7, 11) is 1.71. The number of nitrogens with one attached hydrogen (secondary N) is 2. The van der Waals surface area contributed by atoms with Crippen LogP contribution < -0.4 is 10.6 Å². The van der Waals surface area contributed by atoms with Crippen LogP contribution in [0.25, 0.3) is 16.6 Å². The van der Waals surface area contributed by atoms with Crippen LogP contribution in [-0.2, 0) is 4.74 Å². The van der Waals surface area contributed by atoms with Gasteiger partial charge in [0, 0.05) is 30.7 Å². The van der Waals surface area contributed by atoms with Crippen molar-refractivity contribution in [2.75, 3.05) is 33.4 Å². The minimum atomic E-state index is -0.207. The van der Waals surface area contributed by atoms with E-state index in [0.29, 0.717) is 24.5 Å². The molecule has 8 heteroatoms. The Morgan fingerprint density at radius 3 is 2.90 bits per heavy atom. The molecule has 0 spiro atoms. The standard InChI is InChI=1S/C21H26N6O2/c1-15-19(20(28)24-13-21(14-29-2)8-11-22-12-9-21)25-26-27(15)18-7-3-6-17-16(18)5-4-10-23-17/h3-7,10,22H,8-9,11-14H2,1-2H3,(H,24,28). The predicted octanol–water partition coefficient (Wildman–Crippen LogP) is 1.87. The maximum atomic E-state index is 12.9. The average molecular weight is 394 g/mol. The highest BCUT2D eigenvalue weighted by Crippen LogP contribution is 2.28. The molecule has 1 fully saturated rings. The van der Waals surface area contributed by atoms with Gasteiger partial charge < -0.3 is 15.4 Å². The zero-order valence-electron chi connectivity index (χ0n) is 16.8. The second-order valence-corrected chi connectivity index (χ2v) is 7.65. The number of fused-ring (bicyclic) bond motifs is 1. The minimum Gasteiger partial charge on any atom is -0.384 e. The second kappa shape index (κ2) is 8.26. The molecule has 0 atom stereocenters.